The number of sulfonamides is 1. The molecule has 1 atom stereocenters. The van der Waals surface area contributed by atoms with E-state index in [2.05, 4.69) is 4.90 Å². The Bertz CT molecular complexity index is 489. The fraction of sp³-hybridized carbons (Fsp3) is 0.500. The first-order valence-corrected chi connectivity index (χ1v) is 7.45. The predicted octanol–water partition coefficient (Wildman–Crippen LogP) is -0.0500. The Morgan fingerprint density at radius 2 is 1.94 bits per heavy atom. The Balaban J connectivity index is 2.22. The molecule has 2 rings (SSSR count). The van der Waals surface area contributed by atoms with Gasteiger partial charge in [-0.2, -0.15) is 4.31 Å². The molecule has 6 heteroatoms. The van der Waals surface area contributed by atoms with Crippen LogP contribution >= 0.6 is 0 Å². The summed E-state index contributed by atoms with van der Waals surface area (Å²) in [6.07, 6.45) is 0. The molecule has 18 heavy (non-hydrogen) atoms. The molecular formula is C12H19N3O2S. The van der Waals surface area contributed by atoms with Crippen LogP contribution in [0.2, 0.25) is 0 Å². The predicted molar refractivity (Wildman–Crippen MR) is 70.7 cm³/mol. The van der Waals surface area contributed by atoms with Gasteiger partial charge in [0.1, 0.15) is 0 Å². The maximum absolute atomic E-state index is 12.4. The van der Waals surface area contributed by atoms with E-state index in [1.54, 1.807) is 24.3 Å². The molecule has 2 N–H and O–H groups in total. The van der Waals surface area contributed by atoms with Crippen molar-refractivity contribution in [3.8, 4) is 0 Å². The lowest BCUT2D eigenvalue weighted by Crippen LogP contribution is -2.55. The minimum Gasteiger partial charge on any atom is -0.329 e. The van der Waals surface area contributed by atoms with Crippen LogP contribution in [0, 0.1) is 0 Å². The SMILES string of the molecule is CN1CCN(S(=O)(=O)c2ccccc2)CC1CN. The lowest BCUT2D eigenvalue weighted by Gasteiger charge is -2.38. The molecule has 1 aliphatic heterocycles. The second kappa shape index (κ2) is 5.36. The maximum atomic E-state index is 12.4. The Labute approximate surface area is 108 Å². The molecule has 1 saturated heterocycles. The van der Waals surface area contributed by atoms with Gasteiger partial charge in [0.2, 0.25) is 10.0 Å². The third kappa shape index (κ3) is 2.56. The zero-order chi connectivity index (χ0) is 13.2. The van der Waals surface area contributed by atoms with Crippen molar-refractivity contribution in [2.24, 2.45) is 5.73 Å². The number of nitrogens with two attached hydrogens (primary N) is 1. The van der Waals surface area contributed by atoms with Gasteiger partial charge in [-0.25, -0.2) is 8.42 Å². The molecule has 5 nitrogen and oxygen atoms in total. The molecule has 0 aliphatic carbocycles. The van der Waals surface area contributed by atoms with Crippen LogP contribution in [0.15, 0.2) is 35.2 Å². The third-order valence-corrected chi connectivity index (χ3v) is 5.27. The molecule has 100 valence electrons. The fourth-order valence-electron chi connectivity index (χ4n) is 2.13. The van der Waals surface area contributed by atoms with Crippen molar-refractivity contribution >= 4 is 10.0 Å². The van der Waals surface area contributed by atoms with Crippen molar-refractivity contribution < 1.29 is 8.42 Å². The third-order valence-electron chi connectivity index (χ3n) is 3.39. The highest BCUT2D eigenvalue weighted by Crippen LogP contribution is 2.18. The van der Waals surface area contributed by atoms with Crippen LogP contribution in [0.25, 0.3) is 0 Å². The molecule has 1 heterocycles. The van der Waals surface area contributed by atoms with Crippen LogP contribution in [-0.2, 0) is 10.0 Å². The average Bonchev–Trinajstić information content (AvgIpc) is 2.40. The zero-order valence-electron chi connectivity index (χ0n) is 10.5. The molecule has 1 fully saturated rings. The highest BCUT2D eigenvalue weighted by atomic mass is 32.2. The lowest BCUT2D eigenvalue weighted by atomic mass is 10.2. The van der Waals surface area contributed by atoms with Gasteiger partial charge in [0.25, 0.3) is 0 Å². The van der Waals surface area contributed by atoms with E-state index in [-0.39, 0.29) is 6.04 Å². The van der Waals surface area contributed by atoms with Gasteiger partial charge in [0, 0.05) is 32.2 Å². The Morgan fingerprint density at radius 3 is 2.56 bits per heavy atom. The molecule has 1 aromatic carbocycles. The van der Waals surface area contributed by atoms with Crippen LogP contribution in [0.1, 0.15) is 0 Å². The quantitative estimate of drug-likeness (QED) is 0.835. The molecule has 0 amide bonds. The van der Waals surface area contributed by atoms with Crippen molar-refractivity contribution in [3.05, 3.63) is 30.3 Å². The molecule has 0 aromatic heterocycles. The number of piperazine rings is 1. The number of hydrogen-bond acceptors (Lipinski definition) is 4. The van der Waals surface area contributed by atoms with E-state index < -0.39 is 10.0 Å². The fourth-order valence-corrected chi connectivity index (χ4v) is 3.62. The standard InChI is InChI=1S/C12H19N3O2S/c1-14-7-8-15(10-11(14)9-13)18(16,17)12-5-3-2-4-6-12/h2-6,11H,7-10,13H2,1H3. The normalized spacial score (nSPS) is 23.1. The largest absolute Gasteiger partial charge is 0.329 e. The molecule has 1 aromatic rings. The summed E-state index contributed by atoms with van der Waals surface area (Å²) >= 11 is 0. The summed E-state index contributed by atoms with van der Waals surface area (Å²) < 4.78 is 26.4. The van der Waals surface area contributed by atoms with Crippen LogP contribution in [0.4, 0.5) is 0 Å². The van der Waals surface area contributed by atoms with Gasteiger partial charge in [-0.15, -0.1) is 0 Å². The van der Waals surface area contributed by atoms with Crippen molar-refractivity contribution in [1.82, 2.24) is 9.21 Å². The maximum Gasteiger partial charge on any atom is 0.243 e. The Kier molecular flexibility index (Phi) is 4.01. The van der Waals surface area contributed by atoms with Crippen LogP contribution < -0.4 is 5.73 Å². The molecule has 0 saturated carbocycles. The summed E-state index contributed by atoms with van der Waals surface area (Å²) in [4.78, 5) is 2.46. The summed E-state index contributed by atoms with van der Waals surface area (Å²) in [6.45, 7) is 2.17. The summed E-state index contributed by atoms with van der Waals surface area (Å²) in [7, 11) is -1.40. The first-order chi connectivity index (χ1) is 8.55. The van der Waals surface area contributed by atoms with E-state index in [1.165, 1.54) is 4.31 Å². The van der Waals surface area contributed by atoms with E-state index >= 15 is 0 Å². The minimum absolute atomic E-state index is 0.0947. The monoisotopic (exact) mass is 269 g/mol. The Hall–Kier alpha value is -0.950. The lowest BCUT2D eigenvalue weighted by molar-refractivity contribution is 0.152. The minimum atomic E-state index is -3.38. The van der Waals surface area contributed by atoms with Crippen molar-refractivity contribution in [2.75, 3.05) is 33.2 Å². The highest BCUT2D eigenvalue weighted by molar-refractivity contribution is 7.89. The van der Waals surface area contributed by atoms with Crippen LogP contribution in [0.3, 0.4) is 0 Å². The molecule has 0 radical (unpaired) electrons. The van der Waals surface area contributed by atoms with Gasteiger partial charge in [0.15, 0.2) is 0 Å². The average molecular weight is 269 g/mol. The van der Waals surface area contributed by atoms with Gasteiger partial charge >= 0.3 is 0 Å². The number of rotatable bonds is 3. The number of likely N-dealkylation sites (N-methyl/N-ethyl adjacent to an activating group) is 1. The zero-order valence-corrected chi connectivity index (χ0v) is 11.3. The first kappa shape index (κ1) is 13.5. The van der Waals surface area contributed by atoms with E-state index in [0.29, 0.717) is 31.1 Å². The van der Waals surface area contributed by atoms with Crippen LogP contribution in [-0.4, -0.2) is 56.9 Å². The van der Waals surface area contributed by atoms with Gasteiger partial charge < -0.3 is 5.73 Å². The second-order valence-corrected chi connectivity index (χ2v) is 6.48. The van der Waals surface area contributed by atoms with Crippen molar-refractivity contribution in [1.29, 1.82) is 0 Å². The van der Waals surface area contributed by atoms with E-state index in [9.17, 15) is 8.42 Å². The second-order valence-electron chi connectivity index (χ2n) is 4.55. The van der Waals surface area contributed by atoms with Gasteiger partial charge in [0.05, 0.1) is 4.90 Å². The van der Waals surface area contributed by atoms with Gasteiger partial charge in [-0.05, 0) is 19.2 Å². The van der Waals surface area contributed by atoms with Crippen molar-refractivity contribution in [3.63, 3.8) is 0 Å². The number of hydrogen-bond donors (Lipinski definition) is 1. The molecule has 0 bridgehead atoms. The molecule has 1 unspecified atom stereocenters. The summed E-state index contributed by atoms with van der Waals surface area (Å²) in [6, 6.07) is 8.64. The van der Waals surface area contributed by atoms with Crippen molar-refractivity contribution in [2.45, 2.75) is 10.9 Å². The van der Waals surface area contributed by atoms with Gasteiger partial charge in [-0.1, -0.05) is 18.2 Å². The summed E-state index contributed by atoms with van der Waals surface area (Å²) in [5, 5.41) is 0. The topological polar surface area (TPSA) is 66.6 Å². The van der Waals surface area contributed by atoms with E-state index in [4.69, 9.17) is 5.73 Å². The molecular weight excluding hydrogens is 250 g/mol. The van der Waals surface area contributed by atoms with E-state index in [0.717, 1.165) is 0 Å². The number of nitrogens with zero attached hydrogens (tertiary/aromatic N) is 2. The molecule has 0 spiro atoms. The Morgan fingerprint density at radius 1 is 1.28 bits per heavy atom. The highest BCUT2D eigenvalue weighted by Gasteiger charge is 2.31. The smallest absolute Gasteiger partial charge is 0.243 e. The first-order valence-electron chi connectivity index (χ1n) is 6.01. The molecule has 1 aliphatic rings. The van der Waals surface area contributed by atoms with Gasteiger partial charge in [-0.3, -0.25) is 4.90 Å². The summed E-state index contributed by atoms with van der Waals surface area (Å²) in [5.74, 6) is 0. The summed E-state index contributed by atoms with van der Waals surface area (Å²) in [5.41, 5.74) is 5.67. The van der Waals surface area contributed by atoms with Crippen LogP contribution in [0.5, 0.6) is 0 Å². The van der Waals surface area contributed by atoms with E-state index in [1.807, 2.05) is 13.1 Å². The number of benzene rings is 1.